The zero-order valence-electron chi connectivity index (χ0n) is 8.23. The lowest BCUT2D eigenvalue weighted by molar-refractivity contribution is 0.0501. The summed E-state index contributed by atoms with van der Waals surface area (Å²) >= 11 is 8.16. The summed E-state index contributed by atoms with van der Waals surface area (Å²) in [4.78, 5) is 8.09. The first-order valence-corrected chi connectivity index (χ1v) is 6.03. The minimum absolute atomic E-state index is 0.00599. The number of rotatable bonds is 4. The first kappa shape index (κ1) is 12.0. The van der Waals surface area contributed by atoms with Gasteiger partial charge in [-0.3, -0.25) is 0 Å². The molecule has 1 N–H and O–H groups in total. The van der Waals surface area contributed by atoms with Crippen molar-refractivity contribution in [2.45, 2.75) is 6.73 Å². The van der Waals surface area contributed by atoms with Gasteiger partial charge in [-0.25, -0.2) is 9.97 Å². The third kappa shape index (κ3) is 2.29. The van der Waals surface area contributed by atoms with Gasteiger partial charge in [-0.15, -0.1) is 0 Å². The largest absolute Gasteiger partial charge is 0.394 e. The lowest BCUT2D eigenvalue weighted by Gasteiger charge is -2.04. The Bertz CT molecular complexity index is 503. The Morgan fingerprint density at radius 3 is 3.06 bits per heavy atom. The molecule has 2 aromatic heterocycles. The number of aliphatic hydroxyl groups excluding tert-OH is 1. The summed E-state index contributed by atoms with van der Waals surface area (Å²) in [6, 6.07) is 0. The van der Waals surface area contributed by atoms with Gasteiger partial charge in [0.15, 0.2) is 0 Å². The van der Waals surface area contributed by atoms with Crippen LogP contribution in [0.4, 0.5) is 0 Å². The molecule has 0 saturated heterocycles. The molecule has 86 valence electrons. The molecule has 0 atom stereocenters. The molecule has 5 nitrogen and oxygen atoms in total. The molecule has 0 amide bonds. The van der Waals surface area contributed by atoms with Crippen molar-refractivity contribution in [2.24, 2.45) is 0 Å². The quantitative estimate of drug-likeness (QED) is 0.516. The minimum atomic E-state index is 0.00599. The fourth-order valence-electron chi connectivity index (χ4n) is 1.37. The van der Waals surface area contributed by atoms with Gasteiger partial charge in [-0.2, -0.15) is 0 Å². The van der Waals surface area contributed by atoms with Crippen LogP contribution in [0.1, 0.15) is 0 Å². The van der Waals surface area contributed by atoms with Crippen molar-refractivity contribution in [2.75, 3.05) is 13.2 Å². The zero-order valence-corrected chi connectivity index (χ0v) is 11.1. The first-order valence-electron chi connectivity index (χ1n) is 4.57. The summed E-state index contributed by atoms with van der Waals surface area (Å²) in [5.74, 6) is 0. The van der Waals surface area contributed by atoms with Gasteiger partial charge in [-0.1, -0.05) is 11.6 Å². The number of hydrogen-bond donors (Lipinski definition) is 1. The molecule has 0 saturated carbocycles. The Morgan fingerprint density at radius 2 is 2.31 bits per heavy atom. The number of aromatic nitrogens is 3. The van der Waals surface area contributed by atoms with E-state index in [9.17, 15) is 0 Å². The molecule has 2 rings (SSSR count). The summed E-state index contributed by atoms with van der Waals surface area (Å²) in [6.07, 6.45) is 3.31. The summed E-state index contributed by atoms with van der Waals surface area (Å²) in [5.41, 5.74) is 0.738. The first-order chi connectivity index (χ1) is 7.74. The Morgan fingerprint density at radius 1 is 1.50 bits per heavy atom. The Hall–Kier alpha value is -0.440. The van der Waals surface area contributed by atoms with Gasteiger partial charge in [-0.05, 0) is 22.6 Å². The number of aliphatic hydroxyl groups is 1. The highest BCUT2D eigenvalue weighted by atomic mass is 127. The highest BCUT2D eigenvalue weighted by molar-refractivity contribution is 14.1. The molecule has 0 aromatic carbocycles. The second kappa shape index (κ2) is 5.26. The standard InChI is InChI=1S/C9H9ClIN3O2/c10-8-7-6(11)3-14(5-16-2-1-15)9(7)13-4-12-8/h3-4,15H,1-2,5H2. The SMILES string of the molecule is OCCOCn1cc(I)c2c(Cl)ncnc21. The summed E-state index contributed by atoms with van der Waals surface area (Å²) in [6.45, 7) is 0.647. The average Bonchev–Trinajstić information content (AvgIpc) is 2.58. The van der Waals surface area contributed by atoms with Crippen molar-refractivity contribution in [1.82, 2.24) is 14.5 Å². The van der Waals surface area contributed by atoms with E-state index in [1.54, 1.807) is 0 Å². The topological polar surface area (TPSA) is 60.2 Å². The van der Waals surface area contributed by atoms with Crippen molar-refractivity contribution in [1.29, 1.82) is 0 Å². The van der Waals surface area contributed by atoms with E-state index < -0.39 is 0 Å². The van der Waals surface area contributed by atoms with Gasteiger partial charge in [0.2, 0.25) is 0 Å². The predicted octanol–water partition coefficient (Wildman–Crippen LogP) is 1.66. The third-order valence-corrected chi connectivity index (χ3v) is 3.13. The predicted molar refractivity (Wildman–Crippen MR) is 68.3 cm³/mol. The zero-order chi connectivity index (χ0) is 11.5. The number of fused-ring (bicyclic) bond motifs is 1. The van der Waals surface area contributed by atoms with E-state index in [-0.39, 0.29) is 6.61 Å². The Balaban J connectivity index is 2.36. The van der Waals surface area contributed by atoms with E-state index in [0.29, 0.717) is 18.5 Å². The minimum Gasteiger partial charge on any atom is -0.394 e. The van der Waals surface area contributed by atoms with E-state index in [4.69, 9.17) is 21.4 Å². The third-order valence-electron chi connectivity index (χ3n) is 2.03. The average molecular weight is 354 g/mol. The Labute approximate surface area is 111 Å². The molecular weight excluding hydrogens is 344 g/mol. The van der Waals surface area contributed by atoms with Gasteiger partial charge in [0.1, 0.15) is 23.9 Å². The van der Waals surface area contributed by atoms with E-state index in [0.717, 1.165) is 14.6 Å². The molecule has 2 heterocycles. The molecule has 0 aliphatic heterocycles. The number of nitrogens with zero attached hydrogens (tertiary/aromatic N) is 3. The summed E-state index contributed by atoms with van der Waals surface area (Å²) in [5, 5.41) is 9.90. The molecule has 2 aromatic rings. The van der Waals surface area contributed by atoms with E-state index in [2.05, 4.69) is 32.6 Å². The number of ether oxygens (including phenoxy) is 1. The lowest BCUT2D eigenvalue weighted by Crippen LogP contribution is -2.05. The van der Waals surface area contributed by atoms with Crippen molar-refractivity contribution < 1.29 is 9.84 Å². The van der Waals surface area contributed by atoms with Crippen LogP contribution < -0.4 is 0 Å². The fourth-order valence-corrected chi connectivity index (χ4v) is 2.59. The van der Waals surface area contributed by atoms with Gasteiger partial charge >= 0.3 is 0 Å². The van der Waals surface area contributed by atoms with Crippen molar-refractivity contribution in [3.63, 3.8) is 0 Å². The molecule has 0 aliphatic carbocycles. The monoisotopic (exact) mass is 353 g/mol. The molecule has 0 spiro atoms. The highest BCUT2D eigenvalue weighted by Crippen LogP contribution is 2.26. The van der Waals surface area contributed by atoms with Gasteiger partial charge in [0.25, 0.3) is 0 Å². The van der Waals surface area contributed by atoms with Crippen LogP contribution in [0.25, 0.3) is 11.0 Å². The summed E-state index contributed by atoms with van der Waals surface area (Å²) < 4.78 is 8.05. The van der Waals surface area contributed by atoms with Crippen LogP contribution in [0, 0.1) is 3.57 Å². The van der Waals surface area contributed by atoms with Crippen LogP contribution in [0.15, 0.2) is 12.5 Å². The second-order valence-corrected chi connectivity index (χ2v) is 4.59. The van der Waals surface area contributed by atoms with Crippen molar-refractivity contribution in [3.05, 3.63) is 21.2 Å². The van der Waals surface area contributed by atoms with Gasteiger partial charge in [0, 0.05) is 9.77 Å². The smallest absolute Gasteiger partial charge is 0.147 e. The van der Waals surface area contributed by atoms with Crippen LogP contribution in [-0.4, -0.2) is 32.9 Å². The van der Waals surface area contributed by atoms with Crippen LogP contribution >= 0.6 is 34.2 Å². The maximum Gasteiger partial charge on any atom is 0.147 e. The van der Waals surface area contributed by atoms with E-state index in [1.807, 2.05) is 10.8 Å². The van der Waals surface area contributed by atoms with Crippen LogP contribution in [-0.2, 0) is 11.5 Å². The second-order valence-electron chi connectivity index (χ2n) is 3.07. The molecule has 16 heavy (non-hydrogen) atoms. The number of halogens is 2. The molecule has 0 aliphatic rings. The van der Waals surface area contributed by atoms with Crippen molar-refractivity contribution in [3.8, 4) is 0 Å². The Kier molecular flexibility index (Phi) is 3.95. The van der Waals surface area contributed by atoms with Crippen molar-refractivity contribution >= 4 is 45.2 Å². The highest BCUT2D eigenvalue weighted by Gasteiger charge is 2.11. The van der Waals surface area contributed by atoms with E-state index >= 15 is 0 Å². The maximum absolute atomic E-state index is 8.62. The normalized spacial score (nSPS) is 11.2. The molecule has 7 heteroatoms. The molecule has 0 bridgehead atoms. The molecule has 0 fully saturated rings. The van der Waals surface area contributed by atoms with Crippen LogP contribution in [0.2, 0.25) is 5.15 Å². The van der Waals surface area contributed by atoms with Gasteiger partial charge < -0.3 is 14.4 Å². The summed E-state index contributed by atoms with van der Waals surface area (Å²) in [7, 11) is 0. The molecule has 0 unspecified atom stereocenters. The fraction of sp³-hybridized carbons (Fsp3) is 0.333. The lowest BCUT2D eigenvalue weighted by atomic mass is 10.4. The molecule has 0 radical (unpaired) electrons. The number of hydrogen-bond acceptors (Lipinski definition) is 4. The van der Waals surface area contributed by atoms with E-state index in [1.165, 1.54) is 6.33 Å². The van der Waals surface area contributed by atoms with Crippen LogP contribution in [0.3, 0.4) is 0 Å². The van der Waals surface area contributed by atoms with Crippen LogP contribution in [0.5, 0.6) is 0 Å². The maximum atomic E-state index is 8.62. The molecular formula is C9H9ClIN3O2. The van der Waals surface area contributed by atoms with Gasteiger partial charge in [0.05, 0.1) is 18.6 Å².